The van der Waals surface area contributed by atoms with Gasteiger partial charge in [0, 0.05) is 58.7 Å². The molecule has 1 aromatic heterocycles. The van der Waals surface area contributed by atoms with Crippen LogP contribution in [0.25, 0.3) is 0 Å². The Morgan fingerprint density at radius 1 is 0.975 bits per heavy atom. The zero-order chi connectivity index (χ0) is 29.4. The Kier molecular flexibility index (Phi) is 12.4. The second kappa shape index (κ2) is 15.2. The van der Waals surface area contributed by atoms with Crippen molar-refractivity contribution in [1.82, 2.24) is 14.8 Å². The number of carbonyl (C=O) groups excluding carboxylic acids is 2. The summed E-state index contributed by atoms with van der Waals surface area (Å²) in [5.41, 5.74) is 10.4. The topological polar surface area (TPSA) is 79.5 Å². The van der Waals surface area contributed by atoms with Crippen LogP contribution in [0.2, 0.25) is 5.02 Å². The molecule has 216 valence electrons. The van der Waals surface area contributed by atoms with Crippen LogP contribution in [0.3, 0.4) is 0 Å². The zero-order valence-corrected chi connectivity index (χ0v) is 27.3. The first kappa shape index (κ1) is 32.4. The van der Waals surface area contributed by atoms with Crippen LogP contribution in [-0.2, 0) is 17.6 Å². The molecule has 0 bridgehead atoms. The Hall–Kier alpha value is -2.08. The molecule has 3 aliphatic rings. The van der Waals surface area contributed by atoms with Gasteiger partial charge in [0.15, 0.2) is 0 Å². The van der Waals surface area contributed by atoms with Gasteiger partial charge in [-0.2, -0.15) is 0 Å². The van der Waals surface area contributed by atoms with Crippen LogP contribution in [0, 0.1) is 24.7 Å². The first-order chi connectivity index (χ1) is 19.3. The highest BCUT2D eigenvalue weighted by Crippen LogP contribution is 2.46. The first-order valence-electron chi connectivity index (χ1n) is 14.1. The Bertz CT molecular complexity index is 1210. The van der Waals surface area contributed by atoms with Crippen molar-refractivity contribution in [2.45, 2.75) is 64.7 Å². The van der Waals surface area contributed by atoms with Crippen molar-refractivity contribution in [3.05, 3.63) is 60.7 Å². The predicted molar refractivity (Wildman–Crippen MR) is 169 cm³/mol. The Morgan fingerprint density at radius 2 is 1.57 bits per heavy atom. The molecule has 3 heterocycles. The molecule has 2 fully saturated rings. The number of terminal acetylenes is 1. The number of piperidine rings is 2. The number of amides is 3. The van der Waals surface area contributed by atoms with E-state index in [1.54, 1.807) is 4.90 Å². The number of fused-ring (bicyclic) bond motifs is 2. The number of halogens is 3. The van der Waals surface area contributed by atoms with Crippen molar-refractivity contribution >= 4 is 55.4 Å². The van der Waals surface area contributed by atoms with Crippen LogP contribution in [0.5, 0.6) is 0 Å². The number of carbonyl (C=O) groups is 2. The molecule has 2 N–H and O–H groups in total. The summed E-state index contributed by atoms with van der Waals surface area (Å²) < 4.78 is 2.05. The second-order valence-electron chi connectivity index (χ2n) is 10.3. The highest BCUT2D eigenvalue weighted by Gasteiger charge is 2.36. The maximum atomic E-state index is 13.1. The summed E-state index contributed by atoms with van der Waals surface area (Å²) in [6, 6.07) is 5.95. The summed E-state index contributed by atoms with van der Waals surface area (Å²) in [5.74, 6) is 1.14. The van der Waals surface area contributed by atoms with Crippen molar-refractivity contribution in [1.29, 1.82) is 0 Å². The summed E-state index contributed by atoms with van der Waals surface area (Å²) in [6.07, 6.45) is 15.9. The van der Waals surface area contributed by atoms with Gasteiger partial charge in [0.05, 0.1) is 5.69 Å². The van der Waals surface area contributed by atoms with Gasteiger partial charge in [-0.05, 0) is 101 Å². The second-order valence-corrected chi connectivity index (χ2v) is 12.5. The number of urea groups is 1. The summed E-state index contributed by atoms with van der Waals surface area (Å²) >= 11 is 13.9. The van der Waals surface area contributed by atoms with Crippen LogP contribution >= 0.6 is 43.5 Å². The number of pyridine rings is 1. The molecule has 1 unspecified atom stereocenters. The van der Waals surface area contributed by atoms with Crippen LogP contribution in [-0.4, -0.2) is 52.9 Å². The maximum Gasteiger partial charge on any atom is 0.314 e. The van der Waals surface area contributed by atoms with Crippen LogP contribution < -0.4 is 5.73 Å². The van der Waals surface area contributed by atoms with Gasteiger partial charge in [-0.1, -0.05) is 41.4 Å². The van der Waals surface area contributed by atoms with Gasteiger partial charge in [0.2, 0.25) is 5.91 Å². The number of hydrogen-bond acceptors (Lipinski definition) is 3. The lowest BCUT2D eigenvalue weighted by Gasteiger charge is -2.38. The minimum atomic E-state index is -0.362. The maximum absolute atomic E-state index is 13.1. The molecule has 1 aliphatic carbocycles. The molecular formula is C31H39Br2ClN4O2. The first-order valence-corrected chi connectivity index (χ1v) is 16.0. The van der Waals surface area contributed by atoms with Crippen LogP contribution in [0.4, 0.5) is 4.79 Å². The molecule has 5 rings (SSSR count). The van der Waals surface area contributed by atoms with E-state index in [0.29, 0.717) is 31.3 Å². The van der Waals surface area contributed by atoms with E-state index in [2.05, 4.69) is 56.8 Å². The monoisotopic (exact) mass is 692 g/mol. The van der Waals surface area contributed by atoms with E-state index in [9.17, 15) is 9.59 Å². The lowest BCUT2D eigenvalue weighted by molar-refractivity contribution is -0.134. The third-order valence-corrected chi connectivity index (χ3v) is 9.48. The van der Waals surface area contributed by atoms with E-state index in [1.165, 1.54) is 16.7 Å². The molecule has 2 saturated heterocycles. The normalized spacial score (nSPS) is 19.1. The van der Waals surface area contributed by atoms with E-state index in [1.807, 2.05) is 31.0 Å². The summed E-state index contributed by atoms with van der Waals surface area (Å²) in [4.78, 5) is 33.2. The molecule has 2 aliphatic heterocycles. The third-order valence-electron chi connectivity index (χ3n) is 8.17. The minimum Gasteiger partial charge on any atom is -0.351 e. The largest absolute Gasteiger partial charge is 0.351 e. The average molecular weight is 695 g/mol. The predicted octanol–water partition coefficient (Wildman–Crippen LogP) is 7.19. The molecular weight excluding hydrogens is 656 g/mol. The lowest BCUT2D eigenvalue weighted by Crippen LogP contribution is -2.44. The molecule has 1 aromatic carbocycles. The fourth-order valence-corrected chi connectivity index (χ4v) is 7.75. The number of likely N-dealkylation sites (tertiary alicyclic amines) is 2. The Labute approximate surface area is 260 Å². The zero-order valence-electron chi connectivity index (χ0n) is 23.3. The molecule has 40 heavy (non-hydrogen) atoms. The standard InChI is InChI=1S/C27H31Br2ClN4O2.C2H6.C2H2/c28-20-12-19-2-1-18-13-21(30)14-22(29)24(18)25(26(19)32-15-20)17-5-9-33(10-6-17)23(35)11-16-3-7-34(8-4-16)27(31)36;2*1-2/h12-17,25H,1-11H2,(H2,31,36);1-2H3;1-2H. The van der Waals surface area contributed by atoms with Crippen LogP contribution in [0.1, 0.15) is 74.3 Å². The Balaban J connectivity index is 0.00000106. The lowest BCUT2D eigenvalue weighted by atomic mass is 9.76. The number of aryl methyl sites for hydroxylation is 2. The average Bonchev–Trinajstić information content (AvgIpc) is 3.12. The Morgan fingerprint density at radius 3 is 2.20 bits per heavy atom. The van der Waals surface area contributed by atoms with Gasteiger partial charge >= 0.3 is 6.03 Å². The van der Waals surface area contributed by atoms with E-state index < -0.39 is 0 Å². The molecule has 3 amide bonds. The number of aromatic nitrogens is 1. The quantitative estimate of drug-likeness (QED) is 0.346. The molecule has 6 nitrogen and oxygen atoms in total. The third kappa shape index (κ3) is 7.60. The molecule has 0 saturated carbocycles. The van der Waals surface area contributed by atoms with E-state index in [4.69, 9.17) is 22.3 Å². The van der Waals surface area contributed by atoms with Gasteiger partial charge < -0.3 is 15.5 Å². The SMILES string of the molecule is C#C.CC.NC(=O)N1CCC(CC(=O)N2CCC(C3c4ncc(Br)cc4CCc4cc(Cl)cc(Br)c43)CC2)CC1. The summed E-state index contributed by atoms with van der Waals surface area (Å²) in [6.45, 7) is 6.84. The van der Waals surface area contributed by atoms with Crippen molar-refractivity contribution in [2.24, 2.45) is 17.6 Å². The summed E-state index contributed by atoms with van der Waals surface area (Å²) in [5, 5.41) is 0.751. The fourth-order valence-electron chi connectivity index (χ4n) is 6.25. The van der Waals surface area contributed by atoms with Gasteiger partial charge in [0.25, 0.3) is 0 Å². The minimum absolute atomic E-state index is 0.174. The van der Waals surface area contributed by atoms with Crippen molar-refractivity contribution in [3.8, 4) is 12.8 Å². The fraction of sp³-hybridized carbons (Fsp3) is 0.516. The number of primary amides is 1. The van der Waals surface area contributed by atoms with Gasteiger partial charge in [-0.25, -0.2) is 4.79 Å². The van der Waals surface area contributed by atoms with E-state index in [-0.39, 0.29) is 17.9 Å². The molecule has 1 atom stereocenters. The highest BCUT2D eigenvalue weighted by atomic mass is 79.9. The number of nitrogens with two attached hydrogens (primary N) is 1. The highest BCUT2D eigenvalue weighted by molar-refractivity contribution is 9.10. The number of rotatable bonds is 3. The molecule has 9 heteroatoms. The molecule has 0 radical (unpaired) electrons. The van der Waals surface area contributed by atoms with Gasteiger partial charge in [-0.15, -0.1) is 12.8 Å². The summed E-state index contributed by atoms with van der Waals surface area (Å²) in [7, 11) is 0. The van der Waals surface area contributed by atoms with E-state index >= 15 is 0 Å². The molecule has 0 spiro atoms. The number of hydrogen-bond donors (Lipinski definition) is 1. The van der Waals surface area contributed by atoms with Crippen molar-refractivity contribution < 1.29 is 9.59 Å². The van der Waals surface area contributed by atoms with Crippen LogP contribution in [0.15, 0.2) is 33.3 Å². The smallest absolute Gasteiger partial charge is 0.314 e. The van der Waals surface area contributed by atoms with Gasteiger partial charge in [0.1, 0.15) is 0 Å². The van der Waals surface area contributed by atoms with Crippen molar-refractivity contribution in [2.75, 3.05) is 26.2 Å². The number of nitrogens with zero attached hydrogens (tertiary/aromatic N) is 3. The number of benzene rings is 1. The van der Waals surface area contributed by atoms with Crippen molar-refractivity contribution in [3.63, 3.8) is 0 Å². The van der Waals surface area contributed by atoms with E-state index in [0.717, 1.165) is 71.3 Å². The van der Waals surface area contributed by atoms with Gasteiger partial charge in [-0.3, -0.25) is 9.78 Å². The molecule has 2 aromatic rings.